The minimum atomic E-state index is -0.441. The molecule has 78 valence electrons. The van der Waals surface area contributed by atoms with Crippen LogP contribution in [0.25, 0.3) is 0 Å². The molecule has 4 heteroatoms. The third-order valence-corrected chi connectivity index (χ3v) is 3.41. The molecule has 2 N–H and O–H groups in total. The predicted octanol–water partition coefficient (Wildman–Crippen LogP) is 3.59. The van der Waals surface area contributed by atoms with Gasteiger partial charge in [0.15, 0.2) is 0 Å². The third kappa shape index (κ3) is 2.04. The van der Waals surface area contributed by atoms with Gasteiger partial charge in [0, 0.05) is 10.4 Å². The maximum atomic E-state index is 13.6. The van der Waals surface area contributed by atoms with E-state index in [1.165, 1.54) is 17.4 Å². The summed E-state index contributed by atoms with van der Waals surface area (Å²) in [6.45, 7) is 0. The molecule has 0 aliphatic carbocycles. The van der Waals surface area contributed by atoms with E-state index >= 15 is 0 Å². The lowest BCUT2D eigenvalue weighted by atomic mass is 10.1. The van der Waals surface area contributed by atoms with Crippen LogP contribution in [0.1, 0.15) is 16.5 Å². The van der Waals surface area contributed by atoms with Crippen molar-refractivity contribution >= 4 is 22.9 Å². The first kappa shape index (κ1) is 10.6. The van der Waals surface area contributed by atoms with Gasteiger partial charge in [0.05, 0.1) is 11.1 Å². The molecule has 0 saturated heterocycles. The van der Waals surface area contributed by atoms with Crippen molar-refractivity contribution in [1.82, 2.24) is 0 Å². The van der Waals surface area contributed by atoms with Crippen molar-refractivity contribution in [2.45, 2.75) is 6.04 Å². The second kappa shape index (κ2) is 4.31. The Morgan fingerprint density at radius 1 is 1.27 bits per heavy atom. The van der Waals surface area contributed by atoms with Crippen molar-refractivity contribution in [3.63, 3.8) is 0 Å². The summed E-state index contributed by atoms with van der Waals surface area (Å²) in [7, 11) is 0. The molecule has 1 aromatic heterocycles. The van der Waals surface area contributed by atoms with Crippen LogP contribution in [0.15, 0.2) is 35.7 Å². The van der Waals surface area contributed by atoms with E-state index in [2.05, 4.69) is 0 Å². The molecule has 2 aromatic rings. The van der Waals surface area contributed by atoms with Crippen LogP contribution >= 0.6 is 22.9 Å². The molecule has 0 aliphatic heterocycles. The highest BCUT2D eigenvalue weighted by molar-refractivity contribution is 7.10. The third-order valence-electron chi connectivity index (χ3n) is 2.17. The lowest BCUT2D eigenvalue weighted by Gasteiger charge is -2.11. The molecule has 1 unspecified atom stereocenters. The molecule has 1 heterocycles. The van der Waals surface area contributed by atoms with Gasteiger partial charge in [0.1, 0.15) is 5.82 Å². The minimum absolute atomic E-state index is 0.111. The smallest absolute Gasteiger partial charge is 0.146 e. The van der Waals surface area contributed by atoms with Gasteiger partial charge in [-0.2, -0.15) is 0 Å². The maximum absolute atomic E-state index is 13.6. The van der Waals surface area contributed by atoms with Gasteiger partial charge < -0.3 is 5.73 Å². The van der Waals surface area contributed by atoms with Crippen LogP contribution in [0, 0.1) is 5.82 Å². The summed E-state index contributed by atoms with van der Waals surface area (Å²) in [5.74, 6) is -0.430. The molecule has 1 nitrogen and oxygen atoms in total. The average molecular weight is 242 g/mol. The summed E-state index contributed by atoms with van der Waals surface area (Å²) >= 11 is 7.20. The Bertz CT molecular complexity index is 456. The van der Waals surface area contributed by atoms with Gasteiger partial charge >= 0.3 is 0 Å². The highest BCUT2D eigenvalue weighted by Crippen LogP contribution is 2.28. The lowest BCUT2D eigenvalue weighted by Crippen LogP contribution is -2.12. The van der Waals surface area contributed by atoms with Crippen LogP contribution in [0.5, 0.6) is 0 Å². The zero-order valence-electron chi connectivity index (χ0n) is 7.78. The Hall–Kier alpha value is -0.900. The van der Waals surface area contributed by atoms with Gasteiger partial charge in [0.25, 0.3) is 0 Å². The van der Waals surface area contributed by atoms with E-state index in [0.29, 0.717) is 5.56 Å². The molecule has 0 saturated carbocycles. The van der Waals surface area contributed by atoms with E-state index in [0.717, 1.165) is 4.88 Å². The summed E-state index contributed by atoms with van der Waals surface area (Å²) < 4.78 is 13.6. The summed E-state index contributed by atoms with van der Waals surface area (Å²) in [6, 6.07) is 8.21. The molecule has 1 aromatic carbocycles. The van der Waals surface area contributed by atoms with E-state index in [1.54, 1.807) is 12.1 Å². The van der Waals surface area contributed by atoms with E-state index in [1.807, 2.05) is 17.5 Å². The molecular formula is C11H9ClFNS. The first-order chi connectivity index (χ1) is 7.20. The van der Waals surface area contributed by atoms with Crippen LogP contribution in [-0.4, -0.2) is 0 Å². The number of halogens is 2. The quantitative estimate of drug-likeness (QED) is 0.855. The number of nitrogens with two attached hydrogens (primary N) is 1. The number of hydrogen-bond acceptors (Lipinski definition) is 2. The molecule has 0 fully saturated rings. The van der Waals surface area contributed by atoms with E-state index in [9.17, 15) is 4.39 Å². The van der Waals surface area contributed by atoms with Gasteiger partial charge in [-0.15, -0.1) is 11.3 Å². The zero-order chi connectivity index (χ0) is 10.8. The van der Waals surface area contributed by atoms with Crippen molar-refractivity contribution in [3.05, 3.63) is 57.0 Å². The SMILES string of the molecule is NC(c1cccs1)c1cccc(Cl)c1F. The molecule has 0 amide bonds. The topological polar surface area (TPSA) is 26.0 Å². The van der Waals surface area contributed by atoms with Crippen LogP contribution in [0.3, 0.4) is 0 Å². The summed E-state index contributed by atoms with van der Waals surface area (Å²) in [5, 5.41) is 2.02. The number of benzene rings is 1. The molecule has 0 radical (unpaired) electrons. The molecule has 15 heavy (non-hydrogen) atoms. The molecular weight excluding hydrogens is 233 g/mol. The van der Waals surface area contributed by atoms with Gasteiger partial charge in [-0.05, 0) is 17.5 Å². The Kier molecular flexibility index (Phi) is 3.05. The van der Waals surface area contributed by atoms with Gasteiger partial charge in [-0.25, -0.2) is 4.39 Å². The first-order valence-corrected chi connectivity index (χ1v) is 5.69. The van der Waals surface area contributed by atoms with Gasteiger partial charge in [-0.1, -0.05) is 29.8 Å². The second-order valence-electron chi connectivity index (χ2n) is 3.14. The largest absolute Gasteiger partial charge is 0.320 e. The summed E-state index contributed by atoms with van der Waals surface area (Å²) in [6.07, 6.45) is 0. The first-order valence-electron chi connectivity index (χ1n) is 4.43. The van der Waals surface area contributed by atoms with E-state index in [-0.39, 0.29) is 5.02 Å². The number of hydrogen-bond donors (Lipinski definition) is 1. The predicted molar refractivity (Wildman–Crippen MR) is 61.8 cm³/mol. The van der Waals surface area contributed by atoms with Crippen molar-refractivity contribution in [2.24, 2.45) is 5.73 Å². The maximum Gasteiger partial charge on any atom is 0.146 e. The van der Waals surface area contributed by atoms with Crippen molar-refractivity contribution in [3.8, 4) is 0 Å². The number of thiophene rings is 1. The Balaban J connectivity index is 2.42. The minimum Gasteiger partial charge on any atom is -0.320 e. The molecule has 0 spiro atoms. The lowest BCUT2D eigenvalue weighted by molar-refractivity contribution is 0.601. The Morgan fingerprint density at radius 2 is 2.07 bits per heavy atom. The highest BCUT2D eigenvalue weighted by atomic mass is 35.5. The summed E-state index contributed by atoms with van der Waals surface area (Å²) in [4.78, 5) is 0.927. The van der Waals surface area contributed by atoms with Crippen molar-refractivity contribution < 1.29 is 4.39 Å². The Morgan fingerprint density at radius 3 is 2.73 bits per heavy atom. The fourth-order valence-corrected chi connectivity index (χ4v) is 2.31. The molecule has 0 bridgehead atoms. The van der Waals surface area contributed by atoms with Crippen LogP contribution in [-0.2, 0) is 0 Å². The highest BCUT2D eigenvalue weighted by Gasteiger charge is 2.15. The van der Waals surface area contributed by atoms with E-state index in [4.69, 9.17) is 17.3 Å². The summed E-state index contributed by atoms with van der Waals surface area (Å²) in [5.41, 5.74) is 6.38. The zero-order valence-corrected chi connectivity index (χ0v) is 9.36. The fraction of sp³-hybridized carbons (Fsp3) is 0.0909. The van der Waals surface area contributed by atoms with Crippen LogP contribution in [0.4, 0.5) is 4.39 Å². The normalized spacial score (nSPS) is 12.7. The fourth-order valence-electron chi connectivity index (χ4n) is 1.38. The standard InChI is InChI=1S/C11H9ClFNS/c12-8-4-1-3-7(10(8)13)11(14)9-5-2-6-15-9/h1-6,11H,14H2. The van der Waals surface area contributed by atoms with Crippen molar-refractivity contribution in [1.29, 1.82) is 0 Å². The van der Waals surface area contributed by atoms with E-state index < -0.39 is 11.9 Å². The van der Waals surface area contributed by atoms with Crippen LogP contribution in [0.2, 0.25) is 5.02 Å². The molecule has 2 rings (SSSR count). The second-order valence-corrected chi connectivity index (χ2v) is 4.52. The Labute approximate surface area is 96.3 Å². The van der Waals surface area contributed by atoms with Crippen molar-refractivity contribution in [2.75, 3.05) is 0 Å². The van der Waals surface area contributed by atoms with Gasteiger partial charge in [-0.3, -0.25) is 0 Å². The molecule has 1 atom stereocenters. The monoisotopic (exact) mass is 241 g/mol. The average Bonchev–Trinajstić information content (AvgIpc) is 2.74. The van der Waals surface area contributed by atoms with Gasteiger partial charge in [0.2, 0.25) is 0 Å². The van der Waals surface area contributed by atoms with Crippen LogP contribution < -0.4 is 5.73 Å². The number of rotatable bonds is 2. The molecule has 0 aliphatic rings.